The van der Waals surface area contributed by atoms with Gasteiger partial charge < -0.3 is 19.9 Å². The molecular formula is C29H29NO5. The standard InChI is InChI=1S/C29H29NO5/c1-34-21-8-6-7-20(17-21)19-13-15-29(16-14-19,27(31)32)30-28(33)35-18-26-24-11-4-2-9-22(24)23-10-3-5-12-25(23)26/h2-12,17,19,26H,13-16,18H2,1H3,(H,30,33)(H,31,32). The molecule has 0 aromatic heterocycles. The molecule has 1 saturated carbocycles. The lowest BCUT2D eigenvalue weighted by molar-refractivity contribution is -0.146. The van der Waals surface area contributed by atoms with Gasteiger partial charge >= 0.3 is 12.1 Å². The van der Waals surface area contributed by atoms with Crippen LogP contribution in [0.1, 0.15) is 54.2 Å². The number of carboxylic acids is 1. The normalized spacial score (nSPS) is 21.0. The van der Waals surface area contributed by atoms with Crippen molar-refractivity contribution >= 4 is 12.1 Å². The summed E-state index contributed by atoms with van der Waals surface area (Å²) in [5.74, 6) is -0.0796. The van der Waals surface area contributed by atoms with Crippen LogP contribution >= 0.6 is 0 Å². The molecule has 3 aromatic rings. The Kier molecular flexibility index (Phi) is 6.20. The van der Waals surface area contributed by atoms with Crippen molar-refractivity contribution in [1.82, 2.24) is 5.32 Å². The van der Waals surface area contributed by atoms with Gasteiger partial charge in [-0.3, -0.25) is 0 Å². The Hall–Kier alpha value is -3.80. The largest absolute Gasteiger partial charge is 0.497 e. The van der Waals surface area contributed by atoms with Crippen LogP contribution in [0.3, 0.4) is 0 Å². The fourth-order valence-electron chi connectivity index (χ4n) is 5.56. The van der Waals surface area contributed by atoms with E-state index in [1.807, 2.05) is 48.5 Å². The molecule has 0 atom stereocenters. The van der Waals surface area contributed by atoms with Crippen molar-refractivity contribution in [2.45, 2.75) is 43.1 Å². The van der Waals surface area contributed by atoms with E-state index in [1.165, 1.54) is 0 Å². The number of alkyl carbamates (subject to hydrolysis) is 1. The van der Waals surface area contributed by atoms with Gasteiger partial charge in [-0.2, -0.15) is 0 Å². The summed E-state index contributed by atoms with van der Waals surface area (Å²) < 4.78 is 11.0. The van der Waals surface area contributed by atoms with Crippen molar-refractivity contribution in [3.05, 3.63) is 89.5 Å². The van der Waals surface area contributed by atoms with Gasteiger partial charge in [0.1, 0.15) is 17.9 Å². The summed E-state index contributed by atoms with van der Waals surface area (Å²) in [6.07, 6.45) is 1.31. The number of ether oxygens (including phenoxy) is 2. The molecule has 0 bridgehead atoms. The summed E-state index contributed by atoms with van der Waals surface area (Å²) >= 11 is 0. The van der Waals surface area contributed by atoms with Gasteiger partial charge in [-0.25, -0.2) is 9.59 Å². The molecule has 5 rings (SSSR count). The van der Waals surface area contributed by atoms with Crippen molar-refractivity contribution in [3.8, 4) is 16.9 Å². The summed E-state index contributed by atoms with van der Waals surface area (Å²) in [7, 11) is 1.63. The number of aliphatic carboxylic acids is 1. The second kappa shape index (κ2) is 9.45. The van der Waals surface area contributed by atoms with Gasteiger partial charge in [0.25, 0.3) is 0 Å². The van der Waals surface area contributed by atoms with E-state index >= 15 is 0 Å². The van der Waals surface area contributed by atoms with Crippen LogP contribution in [0.5, 0.6) is 5.75 Å². The topological polar surface area (TPSA) is 84.9 Å². The lowest BCUT2D eigenvalue weighted by atomic mass is 9.74. The third-order valence-corrected chi connectivity index (χ3v) is 7.50. The van der Waals surface area contributed by atoms with E-state index in [9.17, 15) is 14.7 Å². The Balaban J connectivity index is 1.25. The minimum absolute atomic E-state index is 0.0716. The van der Waals surface area contributed by atoms with Gasteiger partial charge in [0.05, 0.1) is 7.11 Å². The van der Waals surface area contributed by atoms with Gasteiger partial charge in [0, 0.05) is 5.92 Å². The highest BCUT2D eigenvalue weighted by Crippen LogP contribution is 2.44. The van der Waals surface area contributed by atoms with Gasteiger partial charge in [-0.15, -0.1) is 0 Å². The van der Waals surface area contributed by atoms with Crippen LogP contribution in [0.15, 0.2) is 72.8 Å². The molecule has 0 radical (unpaired) electrons. The van der Waals surface area contributed by atoms with Crippen molar-refractivity contribution in [1.29, 1.82) is 0 Å². The van der Waals surface area contributed by atoms with Crippen molar-refractivity contribution in [2.75, 3.05) is 13.7 Å². The van der Waals surface area contributed by atoms with Crippen LogP contribution in [0, 0.1) is 0 Å². The molecule has 0 heterocycles. The summed E-state index contributed by atoms with van der Waals surface area (Å²) in [6.45, 7) is 0.155. The quantitative estimate of drug-likeness (QED) is 0.481. The molecule has 0 saturated heterocycles. The lowest BCUT2D eigenvalue weighted by Gasteiger charge is -2.37. The highest BCUT2D eigenvalue weighted by molar-refractivity contribution is 5.85. The first-order valence-electron chi connectivity index (χ1n) is 12.0. The SMILES string of the molecule is COc1cccc(C2CCC(NC(=O)OCC3c4ccccc4-c4ccccc43)(C(=O)O)CC2)c1. The molecule has 2 aliphatic carbocycles. The van der Waals surface area contributed by atoms with Crippen LogP contribution in [0.2, 0.25) is 0 Å². The molecule has 1 fully saturated rings. The minimum Gasteiger partial charge on any atom is -0.497 e. The maximum atomic E-state index is 12.8. The van der Waals surface area contributed by atoms with Crippen LogP contribution in [0.4, 0.5) is 4.79 Å². The number of carbonyl (C=O) groups excluding carboxylic acids is 1. The average molecular weight is 472 g/mol. The maximum absolute atomic E-state index is 12.8. The molecule has 6 heteroatoms. The number of nitrogens with one attached hydrogen (secondary N) is 1. The predicted molar refractivity (Wildman–Crippen MR) is 133 cm³/mol. The fraction of sp³-hybridized carbons (Fsp3) is 0.310. The summed E-state index contributed by atoms with van der Waals surface area (Å²) in [6, 6.07) is 24.1. The number of carboxylic acid groups (broad SMARTS) is 1. The van der Waals surface area contributed by atoms with Crippen LogP contribution in [0.25, 0.3) is 11.1 Å². The van der Waals surface area contributed by atoms with E-state index in [2.05, 4.69) is 29.6 Å². The molecule has 0 spiro atoms. The van der Waals surface area contributed by atoms with Crippen molar-refractivity contribution in [3.63, 3.8) is 0 Å². The summed E-state index contributed by atoms with van der Waals surface area (Å²) in [5.41, 5.74) is 4.34. The van der Waals surface area contributed by atoms with E-state index < -0.39 is 17.6 Å². The predicted octanol–water partition coefficient (Wildman–Crippen LogP) is 5.71. The highest BCUT2D eigenvalue weighted by Gasteiger charge is 2.44. The Labute approximate surface area is 204 Å². The highest BCUT2D eigenvalue weighted by atomic mass is 16.5. The number of methoxy groups -OCH3 is 1. The number of fused-ring (bicyclic) bond motifs is 3. The Morgan fingerprint density at radius 1 is 0.943 bits per heavy atom. The second-order valence-electron chi connectivity index (χ2n) is 9.39. The first-order chi connectivity index (χ1) is 17.0. The molecule has 35 heavy (non-hydrogen) atoms. The monoisotopic (exact) mass is 471 g/mol. The molecule has 0 unspecified atom stereocenters. The molecule has 1 amide bonds. The van der Waals surface area contributed by atoms with E-state index in [0.717, 1.165) is 33.6 Å². The fourth-order valence-corrected chi connectivity index (χ4v) is 5.56. The molecule has 0 aliphatic heterocycles. The number of carbonyl (C=O) groups is 2. The zero-order valence-electron chi connectivity index (χ0n) is 19.7. The Morgan fingerprint density at radius 3 is 2.17 bits per heavy atom. The van der Waals surface area contributed by atoms with Gasteiger partial charge in [-0.05, 0) is 71.6 Å². The Morgan fingerprint density at radius 2 is 1.57 bits per heavy atom. The summed E-state index contributed by atoms with van der Waals surface area (Å²) in [5, 5.41) is 12.7. The smallest absolute Gasteiger partial charge is 0.408 e. The van der Waals surface area contributed by atoms with E-state index in [0.29, 0.717) is 25.7 Å². The molecule has 2 N–H and O–H groups in total. The van der Waals surface area contributed by atoms with Crippen molar-refractivity contribution < 1.29 is 24.2 Å². The number of hydrogen-bond donors (Lipinski definition) is 2. The van der Waals surface area contributed by atoms with Crippen molar-refractivity contribution in [2.24, 2.45) is 0 Å². The lowest BCUT2D eigenvalue weighted by Crippen LogP contribution is -2.56. The van der Waals surface area contributed by atoms with E-state index in [1.54, 1.807) is 7.11 Å². The number of rotatable bonds is 6. The first kappa shape index (κ1) is 23.0. The second-order valence-corrected chi connectivity index (χ2v) is 9.39. The number of benzene rings is 3. The van der Waals surface area contributed by atoms with Gasteiger partial charge in [0.2, 0.25) is 0 Å². The average Bonchev–Trinajstić information content (AvgIpc) is 3.21. The van der Waals surface area contributed by atoms with Crippen LogP contribution in [-0.2, 0) is 9.53 Å². The molecule has 3 aromatic carbocycles. The zero-order valence-corrected chi connectivity index (χ0v) is 19.7. The third kappa shape index (κ3) is 4.36. The maximum Gasteiger partial charge on any atom is 0.408 e. The van der Waals surface area contributed by atoms with Gasteiger partial charge in [-0.1, -0.05) is 60.7 Å². The number of hydrogen-bond acceptors (Lipinski definition) is 4. The minimum atomic E-state index is -1.32. The molecule has 180 valence electrons. The first-order valence-corrected chi connectivity index (χ1v) is 12.0. The molecule has 2 aliphatic rings. The summed E-state index contributed by atoms with van der Waals surface area (Å²) in [4.78, 5) is 25.1. The van der Waals surface area contributed by atoms with E-state index in [-0.39, 0.29) is 18.4 Å². The number of amides is 1. The molecular weight excluding hydrogens is 442 g/mol. The van der Waals surface area contributed by atoms with Crippen LogP contribution in [-0.4, -0.2) is 36.4 Å². The van der Waals surface area contributed by atoms with E-state index in [4.69, 9.17) is 9.47 Å². The molecule has 6 nitrogen and oxygen atoms in total. The van der Waals surface area contributed by atoms with Gasteiger partial charge in [0.15, 0.2) is 0 Å². The van der Waals surface area contributed by atoms with Crippen LogP contribution < -0.4 is 10.1 Å². The zero-order chi connectivity index (χ0) is 24.4. The Bertz CT molecular complexity index is 1200. The third-order valence-electron chi connectivity index (χ3n) is 7.50.